The number of hydrogen-bond acceptors (Lipinski definition) is 2. The molecule has 0 radical (unpaired) electrons. The molecule has 0 aliphatic rings. The van der Waals surface area contributed by atoms with Crippen LogP contribution in [0.4, 0.5) is 0 Å². The van der Waals surface area contributed by atoms with Crippen molar-refractivity contribution in [2.75, 3.05) is 13.2 Å². The fourth-order valence-electron chi connectivity index (χ4n) is 0.518. The molecule has 0 aromatic rings. The van der Waals surface area contributed by atoms with Gasteiger partial charge < -0.3 is 9.47 Å². The highest BCUT2D eigenvalue weighted by Gasteiger charge is 1.94. The quantitative estimate of drug-likeness (QED) is 0.474. The lowest BCUT2D eigenvalue weighted by molar-refractivity contribution is -0.0801. The second-order valence-electron chi connectivity index (χ2n) is 2.19. The first kappa shape index (κ1) is 13.7. The molecular formula is C8H22O2Si. The molecule has 0 atom stereocenters. The van der Waals surface area contributed by atoms with Crippen molar-refractivity contribution in [2.45, 2.75) is 40.0 Å². The standard InChI is InChI=1S/C5H14O2Si.C3H8/c1-3-6-5(8)7-4-2;1-3-2/h5H,3-4H2,1-2,8H3;3H2,1-2H3. The summed E-state index contributed by atoms with van der Waals surface area (Å²) in [6.07, 6.45) is 1.25. The van der Waals surface area contributed by atoms with Crippen LogP contribution in [0.25, 0.3) is 0 Å². The maximum atomic E-state index is 5.12. The van der Waals surface area contributed by atoms with E-state index in [1.807, 2.05) is 13.8 Å². The molecule has 70 valence electrons. The average Bonchev–Trinajstić information content (AvgIpc) is 1.90. The summed E-state index contributed by atoms with van der Waals surface area (Å²) in [4.78, 5) is 0. The molecule has 0 rings (SSSR count). The van der Waals surface area contributed by atoms with E-state index < -0.39 is 0 Å². The number of hydrogen-bond donors (Lipinski definition) is 0. The Morgan fingerprint density at radius 2 is 1.27 bits per heavy atom. The molecule has 0 bridgehead atoms. The van der Waals surface area contributed by atoms with Gasteiger partial charge in [0.2, 0.25) is 0 Å². The van der Waals surface area contributed by atoms with Gasteiger partial charge in [-0.1, -0.05) is 20.3 Å². The van der Waals surface area contributed by atoms with Gasteiger partial charge in [-0.3, -0.25) is 0 Å². The molecule has 0 aromatic carbocycles. The van der Waals surface area contributed by atoms with Crippen LogP contribution < -0.4 is 0 Å². The number of rotatable bonds is 4. The fourth-order valence-corrected chi connectivity index (χ4v) is 1.18. The minimum Gasteiger partial charge on any atom is -0.358 e. The summed E-state index contributed by atoms with van der Waals surface area (Å²) in [5, 5.41) is 0. The highest BCUT2D eigenvalue weighted by atomic mass is 28.1. The molecule has 0 aliphatic heterocycles. The molecule has 0 fully saturated rings. The molecule has 2 nitrogen and oxygen atoms in total. The van der Waals surface area contributed by atoms with Gasteiger partial charge in [0.25, 0.3) is 0 Å². The zero-order valence-electron chi connectivity index (χ0n) is 8.52. The average molecular weight is 178 g/mol. The third kappa shape index (κ3) is 17.8. The van der Waals surface area contributed by atoms with Crippen LogP contribution in [0.2, 0.25) is 0 Å². The second kappa shape index (κ2) is 12.8. The summed E-state index contributed by atoms with van der Waals surface area (Å²) >= 11 is 0. The first-order valence-corrected chi connectivity index (χ1v) is 5.61. The molecule has 0 amide bonds. The molecular weight excluding hydrogens is 156 g/mol. The largest absolute Gasteiger partial charge is 0.358 e. The van der Waals surface area contributed by atoms with Crippen molar-refractivity contribution < 1.29 is 9.47 Å². The molecule has 3 heteroatoms. The maximum Gasteiger partial charge on any atom is 0.131 e. The highest BCUT2D eigenvalue weighted by molar-refractivity contribution is 6.09. The van der Waals surface area contributed by atoms with Gasteiger partial charge in [-0.25, -0.2) is 0 Å². The van der Waals surface area contributed by atoms with E-state index in [2.05, 4.69) is 13.8 Å². The zero-order valence-corrected chi connectivity index (χ0v) is 10.5. The Balaban J connectivity index is 0. The van der Waals surface area contributed by atoms with E-state index in [9.17, 15) is 0 Å². The molecule has 11 heavy (non-hydrogen) atoms. The van der Waals surface area contributed by atoms with Crippen molar-refractivity contribution in [3.05, 3.63) is 0 Å². The summed E-state index contributed by atoms with van der Waals surface area (Å²) in [5.41, 5.74) is 0. The van der Waals surface area contributed by atoms with Crippen molar-refractivity contribution in [1.82, 2.24) is 0 Å². The lowest BCUT2D eigenvalue weighted by atomic mass is 10.6. The van der Waals surface area contributed by atoms with Crippen molar-refractivity contribution in [1.29, 1.82) is 0 Å². The Hall–Kier alpha value is 0.137. The summed E-state index contributed by atoms with van der Waals surface area (Å²) in [6, 6.07) is 0. The van der Waals surface area contributed by atoms with Crippen molar-refractivity contribution >= 4 is 10.2 Å². The van der Waals surface area contributed by atoms with Crippen molar-refractivity contribution in [2.24, 2.45) is 0 Å². The van der Waals surface area contributed by atoms with Gasteiger partial charge in [0.15, 0.2) is 0 Å². The molecule has 0 unspecified atom stereocenters. The van der Waals surface area contributed by atoms with E-state index in [-0.39, 0.29) is 5.91 Å². The summed E-state index contributed by atoms with van der Waals surface area (Å²) in [6.45, 7) is 9.72. The third-order valence-corrected chi connectivity index (χ3v) is 1.47. The van der Waals surface area contributed by atoms with E-state index in [0.717, 1.165) is 23.5 Å². The van der Waals surface area contributed by atoms with Gasteiger partial charge in [-0.2, -0.15) is 0 Å². The Morgan fingerprint density at radius 3 is 1.45 bits per heavy atom. The predicted octanol–water partition coefficient (Wildman–Crippen LogP) is 1.12. The Bertz CT molecular complexity index is 54.1. The number of ether oxygens (including phenoxy) is 2. The van der Waals surface area contributed by atoms with Crippen molar-refractivity contribution in [3.63, 3.8) is 0 Å². The topological polar surface area (TPSA) is 18.5 Å². The molecule has 0 aromatic heterocycles. The smallest absolute Gasteiger partial charge is 0.131 e. The van der Waals surface area contributed by atoms with E-state index in [1.165, 1.54) is 6.42 Å². The monoisotopic (exact) mass is 178 g/mol. The molecule has 0 aliphatic carbocycles. The minimum atomic E-state index is 0.102. The lowest BCUT2D eigenvalue weighted by Gasteiger charge is -2.09. The van der Waals surface area contributed by atoms with Crippen LogP contribution in [0, 0.1) is 0 Å². The first-order valence-electron chi connectivity index (χ1n) is 4.45. The van der Waals surface area contributed by atoms with Gasteiger partial charge >= 0.3 is 0 Å². The fraction of sp³-hybridized carbons (Fsp3) is 1.00. The van der Waals surface area contributed by atoms with Crippen LogP contribution in [0.5, 0.6) is 0 Å². The van der Waals surface area contributed by atoms with Gasteiger partial charge in [-0.15, -0.1) is 0 Å². The van der Waals surface area contributed by atoms with Crippen LogP contribution in [-0.4, -0.2) is 29.4 Å². The summed E-state index contributed by atoms with van der Waals surface area (Å²) in [7, 11) is 0.964. The summed E-state index contributed by atoms with van der Waals surface area (Å²) < 4.78 is 10.2. The Labute approximate surface area is 73.7 Å². The summed E-state index contributed by atoms with van der Waals surface area (Å²) in [5.74, 6) is 0.102. The van der Waals surface area contributed by atoms with E-state index in [0.29, 0.717) is 0 Å². The SMILES string of the molecule is CCC.CCOC([SiH3])OCC. The van der Waals surface area contributed by atoms with Crippen LogP contribution in [0.3, 0.4) is 0 Å². The molecule has 0 spiro atoms. The van der Waals surface area contributed by atoms with Crippen LogP contribution in [0.15, 0.2) is 0 Å². The van der Waals surface area contributed by atoms with Crippen LogP contribution >= 0.6 is 0 Å². The van der Waals surface area contributed by atoms with Crippen LogP contribution in [0.1, 0.15) is 34.1 Å². The second-order valence-corrected chi connectivity index (χ2v) is 3.13. The lowest BCUT2D eigenvalue weighted by Crippen LogP contribution is -2.16. The minimum absolute atomic E-state index is 0.102. The van der Waals surface area contributed by atoms with E-state index in [4.69, 9.17) is 9.47 Å². The molecule has 0 heterocycles. The van der Waals surface area contributed by atoms with Gasteiger partial charge in [0.1, 0.15) is 5.91 Å². The van der Waals surface area contributed by atoms with Gasteiger partial charge in [-0.05, 0) is 13.8 Å². The van der Waals surface area contributed by atoms with Gasteiger partial charge in [0, 0.05) is 13.2 Å². The molecule has 0 saturated heterocycles. The predicted molar refractivity (Wildman–Crippen MR) is 52.9 cm³/mol. The Morgan fingerprint density at radius 1 is 1.00 bits per heavy atom. The highest BCUT2D eigenvalue weighted by Crippen LogP contribution is 1.86. The van der Waals surface area contributed by atoms with Crippen molar-refractivity contribution in [3.8, 4) is 0 Å². The van der Waals surface area contributed by atoms with Gasteiger partial charge in [0.05, 0.1) is 10.2 Å². The normalized spacial score (nSPS) is 9.55. The first-order chi connectivity index (χ1) is 5.22. The van der Waals surface area contributed by atoms with E-state index >= 15 is 0 Å². The molecule has 0 saturated carbocycles. The maximum absolute atomic E-state index is 5.12. The third-order valence-electron chi connectivity index (χ3n) is 0.803. The Kier molecular flexibility index (Phi) is 15.9. The zero-order chi connectivity index (χ0) is 9.11. The van der Waals surface area contributed by atoms with Crippen LogP contribution in [-0.2, 0) is 9.47 Å². The molecule has 0 N–H and O–H groups in total. The van der Waals surface area contributed by atoms with E-state index in [1.54, 1.807) is 0 Å².